The summed E-state index contributed by atoms with van der Waals surface area (Å²) in [5, 5.41) is 9.14. The molecule has 0 saturated heterocycles. The molecule has 0 bridgehead atoms. The lowest BCUT2D eigenvalue weighted by atomic mass is 10.1. The Morgan fingerprint density at radius 2 is 1.92 bits per heavy atom. The summed E-state index contributed by atoms with van der Waals surface area (Å²) < 4.78 is 17.1. The zero-order valence-corrected chi connectivity index (χ0v) is 14.7. The molecule has 128 valence electrons. The van der Waals surface area contributed by atoms with Crippen molar-refractivity contribution < 1.29 is 13.6 Å². The number of rotatable bonds is 5. The van der Waals surface area contributed by atoms with Gasteiger partial charge in [0, 0.05) is 14.1 Å². The second kappa shape index (κ2) is 6.73. The van der Waals surface area contributed by atoms with Gasteiger partial charge in [0.1, 0.15) is 24.2 Å². The van der Waals surface area contributed by atoms with Crippen LogP contribution in [0.1, 0.15) is 22.6 Å². The van der Waals surface area contributed by atoms with Crippen molar-refractivity contribution in [2.75, 3.05) is 19.0 Å². The summed E-state index contributed by atoms with van der Waals surface area (Å²) in [6.45, 7) is 4.41. The summed E-state index contributed by atoms with van der Waals surface area (Å²) in [6, 6.07) is 11.5. The molecule has 0 aliphatic carbocycles. The SMILES string of the molecule is Cc1ccc(OCc2ccc(-c3nc(C#N)c(N(C)C)o3)o2)cc1C. The van der Waals surface area contributed by atoms with E-state index in [1.54, 1.807) is 25.1 Å². The lowest BCUT2D eigenvalue weighted by molar-refractivity contribution is 0.271. The van der Waals surface area contributed by atoms with E-state index in [9.17, 15) is 0 Å². The number of aryl methyl sites for hydroxylation is 2. The van der Waals surface area contributed by atoms with E-state index in [1.807, 2.05) is 37.3 Å². The Bertz CT molecular complexity index is 932. The van der Waals surface area contributed by atoms with Crippen LogP contribution in [-0.4, -0.2) is 19.1 Å². The van der Waals surface area contributed by atoms with E-state index in [0.29, 0.717) is 24.0 Å². The third-order valence-electron chi connectivity index (χ3n) is 3.85. The van der Waals surface area contributed by atoms with Crippen LogP contribution < -0.4 is 9.64 Å². The first kappa shape index (κ1) is 16.7. The minimum Gasteiger partial charge on any atom is -0.486 e. The molecule has 3 rings (SSSR count). The normalized spacial score (nSPS) is 10.5. The number of hydrogen-bond donors (Lipinski definition) is 0. The monoisotopic (exact) mass is 337 g/mol. The number of benzene rings is 1. The smallest absolute Gasteiger partial charge is 0.266 e. The Hall–Kier alpha value is -3.20. The van der Waals surface area contributed by atoms with Gasteiger partial charge in [-0.1, -0.05) is 6.07 Å². The largest absolute Gasteiger partial charge is 0.486 e. The molecule has 0 saturated carbocycles. The highest BCUT2D eigenvalue weighted by Crippen LogP contribution is 2.28. The van der Waals surface area contributed by atoms with Crippen LogP contribution in [0, 0.1) is 25.2 Å². The van der Waals surface area contributed by atoms with Crippen LogP contribution in [0.25, 0.3) is 11.7 Å². The van der Waals surface area contributed by atoms with Crippen LogP contribution in [0.3, 0.4) is 0 Å². The maximum atomic E-state index is 9.14. The molecule has 6 nitrogen and oxygen atoms in total. The molecule has 2 heterocycles. The Balaban J connectivity index is 1.74. The van der Waals surface area contributed by atoms with E-state index in [4.69, 9.17) is 18.8 Å². The molecule has 0 fully saturated rings. The summed E-state index contributed by atoms with van der Waals surface area (Å²) in [6.07, 6.45) is 0. The summed E-state index contributed by atoms with van der Waals surface area (Å²) in [7, 11) is 3.58. The standard InChI is InChI=1S/C19H19N3O3/c1-12-5-6-14(9-13(12)2)23-11-15-7-8-17(24-15)18-21-16(10-20)19(25-18)22(3)4/h5-9H,11H2,1-4H3. The molecule has 3 aromatic rings. The van der Waals surface area contributed by atoms with Gasteiger partial charge in [-0.05, 0) is 49.2 Å². The molecule has 1 aromatic carbocycles. The van der Waals surface area contributed by atoms with Gasteiger partial charge < -0.3 is 18.5 Å². The number of furan rings is 1. The molecule has 0 aliphatic rings. The zero-order valence-electron chi connectivity index (χ0n) is 14.7. The van der Waals surface area contributed by atoms with E-state index in [-0.39, 0.29) is 11.6 Å². The average molecular weight is 337 g/mol. The van der Waals surface area contributed by atoms with E-state index in [1.165, 1.54) is 11.1 Å². The lowest BCUT2D eigenvalue weighted by Crippen LogP contribution is -2.08. The molecular weight excluding hydrogens is 318 g/mol. The quantitative estimate of drug-likeness (QED) is 0.698. The Morgan fingerprint density at radius 1 is 1.12 bits per heavy atom. The fraction of sp³-hybridized carbons (Fsp3) is 0.263. The van der Waals surface area contributed by atoms with Crippen molar-refractivity contribution in [2.45, 2.75) is 20.5 Å². The third kappa shape index (κ3) is 3.50. The summed E-state index contributed by atoms with van der Waals surface area (Å²) >= 11 is 0. The van der Waals surface area contributed by atoms with Crippen LogP contribution in [0.5, 0.6) is 5.75 Å². The highest BCUT2D eigenvalue weighted by molar-refractivity contribution is 5.55. The molecule has 0 N–H and O–H groups in total. The van der Waals surface area contributed by atoms with E-state index >= 15 is 0 Å². The molecule has 0 amide bonds. The fourth-order valence-corrected chi connectivity index (χ4v) is 2.32. The predicted octanol–water partition coefficient (Wildman–Crippen LogP) is 4.07. The molecule has 0 atom stereocenters. The first-order valence-corrected chi connectivity index (χ1v) is 7.85. The Labute approximate surface area is 146 Å². The molecule has 0 spiro atoms. The van der Waals surface area contributed by atoms with Crippen LogP contribution in [0.2, 0.25) is 0 Å². The number of ether oxygens (including phenoxy) is 1. The topological polar surface area (TPSA) is 75.4 Å². The van der Waals surface area contributed by atoms with Gasteiger partial charge in [-0.3, -0.25) is 0 Å². The van der Waals surface area contributed by atoms with Gasteiger partial charge in [0.2, 0.25) is 11.6 Å². The van der Waals surface area contributed by atoms with E-state index in [2.05, 4.69) is 11.9 Å². The van der Waals surface area contributed by atoms with Gasteiger partial charge in [-0.2, -0.15) is 10.2 Å². The number of anilines is 1. The number of nitrogens with zero attached hydrogens (tertiary/aromatic N) is 3. The maximum absolute atomic E-state index is 9.14. The predicted molar refractivity (Wildman–Crippen MR) is 93.5 cm³/mol. The van der Waals surface area contributed by atoms with Crippen molar-refractivity contribution in [3.8, 4) is 23.5 Å². The summed E-state index contributed by atoms with van der Waals surface area (Å²) in [5.41, 5.74) is 2.63. The lowest BCUT2D eigenvalue weighted by Gasteiger charge is -2.06. The van der Waals surface area contributed by atoms with Crippen molar-refractivity contribution >= 4 is 5.88 Å². The zero-order chi connectivity index (χ0) is 18.0. The molecule has 0 unspecified atom stereocenters. The molecule has 2 aromatic heterocycles. The van der Waals surface area contributed by atoms with E-state index < -0.39 is 0 Å². The van der Waals surface area contributed by atoms with Crippen LogP contribution >= 0.6 is 0 Å². The van der Waals surface area contributed by atoms with Crippen LogP contribution in [-0.2, 0) is 6.61 Å². The van der Waals surface area contributed by atoms with Gasteiger partial charge in [0.15, 0.2) is 5.76 Å². The van der Waals surface area contributed by atoms with Crippen molar-refractivity contribution in [2.24, 2.45) is 0 Å². The van der Waals surface area contributed by atoms with Gasteiger partial charge in [-0.15, -0.1) is 0 Å². The number of nitriles is 1. The Kier molecular flexibility index (Phi) is 4.48. The van der Waals surface area contributed by atoms with E-state index in [0.717, 1.165) is 5.75 Å². The van der Waals surface area contributed by atoms with Crippen molar-refractivity contribution in [3.63, 3.8) is 0 Å². The second-order valence-electron chi connectivity index (χ2n) is 5.98. The van der Waals surface area contributed by atoms with Gasteiger partial charge >= 0.3 is 0 Å². The average Bonchev–Trinajstić information content (AvgIpc) is 3.22. The van der Waals surface area contributed by atoms with Gasteiger partial charge in [0.25, 0.3) is 5.89 Å². The molecular formula is C19H19N3O3. The van der Waals surface area contributed by atoms with Crippen LogP contribution in [0.15, 0.2) is 39.2 Å². The third-order valence-corrected chi connectivity index (χ3v) is 3.85. The van der Waals surface area contributed by atoms with Crippen molar-refractivity contribution in [3.05, 3.63) is 52.9 Å². The fourth-order valence-electron chi connectivity index (χ4n) is 2.32. The number of hydrogen-bond acceptors (Lipinski definition) is 6. The van der Waals surface area contributed by atoms with Gasteiger partial charge in [-0.25, -0.2) is 0 Å². The minimum atomic E-state index is 0.226. The summed E-state index contributed by atoms with van der Waals surface area (Å²) in [4.78, 5) is 5.87. The van der Waals surface area contributed by atoms with Crippen LogP contribution in [0.4, 0.5) is 5.88 Å². The van der Waals surface area contributed by atoms with Crippen molar-refractivity contribution in [1.29, 1.82) is 5.26 Å². The first-order valence-electron chi connectivity index (χ1n) is 7.85. The molecule has 6 heteroatoms. The maximum Gasteiger partial charge on any atom is 0.266 e. The second-order valence-corrected chi connectivity index (χ2v) is 5.98. The minimum absolute atomic E-state index is 0.226. The number of aromatic nitrogens is 1. The van der Waals surface area contributed by atoms with Crippen molar-refractivity contribution in [1.82, 2.24) is 4.98 Å². The highest BCUT2D eigenvalue weighted by Gasteiger charge is 2.18. The molecule has 25 heavy (non-hydrogen) atoms. The summed E-state index contributed by atoms with van der Waals surface area (Å²) in [5.74, 6) is 2.58. The molecule has 0 aliphatic heterocycles. The molecule has 0 radical (unpaired) electrons. The Morgan fingerprint density at radius 3 is 2.56 bits per heavy atom. The first-order chi connectivity index (χ1) is 12.0. The van der Waals surface area contributed by atoms with Gasteiger partial charge in [0.05, 0.1) is 0 Å². The number of oxazole rings is 1. The highest BCUT2D eigenvalue weighted by atomic mass is 16.5.